The Morgan fingerprint density at radius 1 is 1.32 bits per heavy atom. The van der Waals surface area contributed by atoms with Crippen molar-refractivity contribution >= 4 is 35.1 Å². The Morgan fingerprint density at radius 3 is 2.77 bits per heavy atom. The lowest BCUT2D eigenvalue weighted by Gasteiger charge is -2.31. The Balaban J connectivity index is 0.00000176. The van der Waals surface area contributed by atoms with Crippen molar-refractivity contribution in [2.24, 2.45) is 0 Å². The fraction of sp³-hybridized carbons (Fsp3) is 0.357. The summed E-state index contributed by atoms with van der Waals surface area (Å²) < 4.78 is 37.8. The Kier molecular flexibility index (Phi) is 4.87. The number of aromatic nitrogens is 1. The van der Waals surface area contributed by atoms with Crippen molar-refractivity contribution in [3.8, 4) is 0 Å². The van der Waals surface area contributed by atoms with Gasteiger partial charge in [0, 0.05) is 29.0 Å². The first kappa shape index (κ1) is 16.9. The summed E-state index contributed by atoms with van der Waals surface area (Å²) in [4.78, 5) is 6.15. The second-order valence-corrected chi connectivity index (χ2v) is 6.11. The molecule has 1 aliphatic heterocycles. The van der Waals surface area contributed by atoms with E-state index < -0.39 is 11.2 Å². The molecule has 120 valence electrons. The largest absolute Gasteiger partial charge is 0.443 e. The van der Waals surface area contributed by atoms with Crippen LogP contribution in [0, 0.1) is 0 Å². The third-order valence-corrected chi connectivity index (χ3v) is 4.55. The molecule has 3 rings (SSSR count). The molecule has 0 bridgehead atoms. The van der Waals surface area contributed by atoms with Crippen molar-refractivity contribution in [1.29, 1.82) is 0 Å². The quantitative estimate of drug-likeness (QED) is 0.829. The molecule has 2 heterocycles. The number of fused-ring (bicyclic) bond motifs is 1. The maximum Gasteiger partial charge on any atom is 0.443 e. The third kappa shape index (κ3) is 3.30. The standard InChI is InChI=1S/C14H14F3N3S.ClH/c15-14(16,17)13-19-7-9(21-13)8-20-6-2-3-10-11(18)4-1-5-12(10)20;/h1,4-5,7H,2-3,6,8,18H2;1H. The fourth-order valence-corrected chi connectivity index (χ4v) is 3.39. The van der Waals surface area contributed by atoms with Gasteiger partial charge in [0.1, 0.15) is 0 Å². The molecule has 0 aliphatic carbocycles. The number of alkyl halides is 3. The second kappa shape index (κ2) is 6.34. The van der Waals surface area contributed by atoms with Crippen molar-refractivity contribution in [3.63, 3.8) is 0 Å². The molecule has 0 spiro atoms. The number of anilines is 2. The molecule has 0 fully saturated rings. The van der Waals surface area contributed by atoms with E-state index in [0.29, 0.717) is 22.8 Å². The zero-order valence-electron chi connectivity index (χ0n) is 11.6. The van der Waals surface area contributed by atoms with E-state index in [-0.39, 0.29) is 12.4 Å². The van der Waals surface area contributed by atoms with Gasteiger partial charge in [0.05, 0.1) is 6.54 Å². The van der Waals surface area contributed by atoms with Crippen LogP contribution < -0.4 is 10.6 Å². The van der Waals surface area contributed by atoms with Crippen molar-refractivity contribution in [1.82, 2.24) is 4.98 Å². The van der Waals surface area contributed by atoms with Crippen LogP contribution in [-0.4, -0.2) is 11.5 Å². The first-order chi connectivity index (χ1) is 9.95. The summed E-state index contributed by atoms with van der Waals surface area (Å²) >= 11 is 0.703. The van der Waals surface area contributed by atoms with Gasteiger partial charge in [-0.25, -0.2) is 4.98 Å². The molecule has 0 saturated heterocycles. The number of hydrogen-bond donors (Lipinski definition) is 1. The molecule has 1 aromatic carbocycles. The first-order valence-electron chi connectivity index (χ1n) is 6.59. The van der Waals surface area contributed by atoms with Crippen molar-refractivity contribution in [2.45, 2.75) is 25.6 Å². The fourth-order valence-electron chi connectivity index (χ4n) is 2.59. The average Bonchev–Trinajstić information content (AvgIpc) is 2.89. The van der Waals surface area contributed by atoms with Gasteiger partial charge in [-0.3, -0.25) is 0 Å². The summed E-state index contributed by atoms with van der Waals surface area (Å²) in [6, 6.07) is 5.70. The SMILES string of the molecule is Cl.Nc1cccc2c1CCCN2Cc1cnc(C(F)(F)F)s1. The number of halogens is 4. The lowest BCUT2D eigenvalue weighted by molar-refractivity contribution is -0.137. The third-order valence-electron chi connectivity index (χ3n) is 3.53. The van der Waals surface area contributed by atoms with Crippen LogP contribution in [0.25, 0.3) is 0 Å². The number of benzene rings is 1. The Hall–Kier alpha value is -1.47. The number of rotatable bonds is 2. The van der Waals surface area contributed by atoms with E-state index in [1.54, 1.807) is 0 Å². The van der Waals surface area contributed by atoms with Gasteiger partial charge < -0.3 is 10.6 Å². The van der Waals surface area contributed by atoms with E-state index in [1.165, 1.54) is 6.20 Å². The van der Waals surface area contributed by atoms with E-state index >= 15 is 0 Å². The molecule has 0 unspecified atom stereocenters. The highest BCUT2D eigenvalue weighted by Gasteiger charge is 2.34. The van der Waals surface area contributed by atoms with Crippen molar-refractivity contribution < 1.29 is 13.2 Å². The zero-order chi connectivity index (χ0) is 15.0. The maximum absolute atomic E-state index is 12.6. The van der Waals surface area contributed by atoms with Crippen LogP contribution in [0.15, 0.2) is 24.4 Å². The first-order valence-corrected chi connectivity index (χ1v) is 7.41. The smallest absolute Gasteiger partial charge is 0.398 e. The molecule has 2 N–H and O–H groups in total. The number of nitrogens with two attached hydrogens (primary N) is 1. The van der Waals surface area contributed by atoms with E-state index in [2.05, 4.69) is 9.88 Å². The van der Waals surface area contributed by atoms with Crippen molar-refractivity contribution in [3.05, 3.63) is 39.8 Å². The van der Waals surface area contributed by atoms with E-state index in [4.69, 9.17) is 5.73 Å². The van der Waals surface area contributed by atoms with Crippen LogP contribution in [0.4, 0.5) is 24.5 Å². The number of nitrogen functional groups attached to an aromatic ring is 1. The van der Waals surface area contributed by atoms with Crippen LogP contribution in [-0.2, 0) is 19.1 Å². The van der Waals surface area contributed by atoms with Crippen LogP contribution in [0.1, 0.15) is 21.9 Å². The van der Waals surface area contributed by atoms with Crippen LogP contribution in [0.2, 0.25) is 0 Å². The maximum atomic E-state index is 12.6. The van der Waals surface area contributed by atoms with Gasteiger partial charge in [0.15, 0.2) is 5.01 Å². The minimum absolute atomic E-state index is 0. The molecule has 3 nitrogen and oxygen atoms in total. The predicted molar refractivity (Wildman–Crippen MR) is 84.6 cm³/mol. The zero-order valence-corrected chi connectivity index (χ0v) is 13.2. The molecule has 22 heavy (non-hydrogen) atoms. The van der Waals surface area contributed by atoms with E-state index in [0.717, 1.165) is 36.3 Å². The topological polar surface area (TPSA) is 42.1 Å². The second-order valence-electron chi connectivity index (χ2n) is 5.00. The highest BCUT2D eigenvalue weighted by molar-refractivity contribution is 7.11. The van der Waals surface area contributed by atoms with Crippen LogP contribution in [0.3, 0.4) is 0 Å². The molecule has 2 aromatic rings. The van der Waals surface area contributed by atoms with Gasteiger partial charge >= 0.3 is 6.18 Å². The number of nitrogens with zero attached hydrogens (tertiary/aromatic N) is 2. The van der Waals surface area contributed by atoms with Gasteiger partial charge in [-0.1, -0.05) is 6.07 Å². The minimum atomic E-state index is -4.37. The summed E-state index contributed by atoms with van der Waals surface area (Å²) in [5.74, 6) is 0. The lowest BCUT2D eigenvalue weighted by atomic mass is 10.00. The molecular formula is C14H15ClF3N3S. The minimum Gasteiger partial charge on any atom is -0.398 e. The summed E-state index contributed by atoms with van der Waals surface area (Å²) in [7, 11) is 0. The average molecular weight is 350 g/mol. The summed E-state index contributed by atoms with van der Waals surface area (Å²) in [6.07, 6.45) is -1.19. The van der Waals surface area contributed by atoms with Gasteiger partial charge in [0.25, 0.3) is 0 Å². The normalized spacial score (nSPS) is 14.4. The highest BCUT2D eigenvalue weighted by Crippen LogP contribution is 2.35. The lowest BCUT2D eigenvalue weighted by Crippen LogP contribution is -2.28. The summed E-state index contributed by atoms with van der Waals surface area (Å²) in [5.41, 5.74) is 8.82. The molecule has 0 amide bonds. The Bertz CT molecular complexity index is 657. The van der Waals surface area contributed by atoms with E-state index in [1.807, 2.05) is 18.2 Å². The monoisotopic (exact) mass is 349 g/mol. The molecule has 0 atom stereocenters. The van der Waals surface area contributed by atoms with E-state index in [9.17, 15) is 13.2 Å². The Morgan fingerprint density at radius 2 is 2.09 bits per heavy atom. The van der Waals surface area contributed by atoms with Gasteiger partial charge in [0.2, 0.25) is 0 Å². The van der Waals surface area contributed by atoms with Crippen molar-refractivity contribution in [2.75, 3.05) is 17.2 Å². The van der Waals surface area contributed by atoms with Gasteiger partial charge in [-0.2, -0.15) is 13.2 Å². The summed E-state index contributed by atoms with van der Waals surface area (Å²) in [6.45, 7) is 1.25. The number of thiazole rings is 1. The summed E-state index contributed by atoms with van der Waals surface area (Å²) in [5, 5.41) is -0.790. The van der Waals surface area contributed by atoms with Gasteiger partial charge in [-0.15, -0.1) is 23.7 Å². The van der Waals surface area contributed by atoms with Gasteiger partial charge in [-0.05, 0) is 30.5 Å². The highest BCUT2D eigenvalue weighted by atomic mass is 35.5. The predicted octanol–water partition coefficient (Wildman–Crippen LogP) is 4.12. The molecular weight excluding hydrogens is 335 g/mol. The van der Waals surface area contributed by atoms with Crippen LogP contribution in [0.5, 0.6) is 0 Å². The molecule has 0 radical (unpaired) electrons. The molecule has 1 aliphatic rings. The molecule has 1 aromatic heterocycles. The number of hydrogen-bond acceptors (Lipinski definition) is 4. The Labute approximate surface area is 136 Å². The molecule has 0 saturated carbocycles. The van der Waals surface area contributed by atoms with Crippen LogP contribution >= 0.6 is 23.7 Å². The molecule has 8 heteroatoms.